The Balaban J connectivity index is 2.61. The van der Waals surface area contributed by atoms with Gasteiger partial charge in [0.25, 0.3) is 0 Å². The normalized spacial score (nSPS) is 11.4. The molecule has 0 heterocycles. The Morgan fingerprint density at radius 3 is 2.50 bits per heavy atom. The average Bonchev–Trinajstić information content (AvgIpc) is 2.36. The van der Waals surface area contributed by atoms with E-state index in [1.807, 2.05) is 0 Å². The summed E-state index contributed by atoms with van der Waals surface area (Å²) in [6, 6.07) is 5.01. The predicted octanol–water partition coefficient (Wildman–Crippen LogP) is 4.82. The van der Waals surface area contributed by atoms with E-state index in [9.17, 15) is 13.2 Å². The highest BCUT2D eigenvalue weighted by molar-refractivity contribution is 5.58. The SMILES string of the molecule is CC(C)CCCCNc1ccc(C(F)(F)F)cc1C#N. The van der Waals surface area contributed by atoms with Crippen molar-refractivity contribution in [1.29, 1.82) is 5.26 Å². The third kappa shape index (κ3) is 5.12. The van der Waals surface area contributed by atoms with E-state index in [0.29, 0.717) is 18.2 Å². The lowest BCUT2D eigenvalue weighted by Crippen LogP contribution is -2.08. The van der Waals surface area contributed by atoms with Gasteiger partial charge in [-0.1, -0.05) is 26.7 Å². The van der Waals surface area contributed by atoms with E-state index in [2.05, 4.69) is 19.2 Å². The Morgan fingerprint density at radius 1 is 1.25 bits per heavy atom. The fraction of sp³-hybridized carbons (Fsp3) is 0.533. The largest absolute Gasteiger partial charge is 0.416 e. The molecule has 0 spiro atoms. The Bertz CT molecular complexity index is 473. The van der Waals surface area contributed by atoms with Gasteiger partial charge >= 0.3 is 6.18 Å². The monoisotopic (exact) mass is 284 g/mol. The highest BCUT2D eigenvalue weighted by atomic mass is 19.4. The molecule has 0 aliphatic rings. The predicted molar refractivity (Wildman–Crippen MR) is 73.3 cm³/mol. The minimum Gasteiger partial charge on any atom is -0.384 e. The number of anilines is 1. The van der Waals surface area contributed by atoms with Crippen LogP contribution in [-0.2, 0) is 6.18 Å². The summed E-state index contributed by atoms with van der Waals surface area (Å²) in [5.74, 6) is 0.649. The van der Waals surface area contributed by atoms with E-state index in [1.54, 1.807) is 6.07 Å². The zero-order valence-corrected chi connectivity index (χ0v) is 11.7. The van der Waals surface area contributed by atoms with Crippen LogP contribution in [-0.4, -0.2) is 6.54 Å². The third-order valence-corrected chi connectivity index (χ3v) is 2.99. The topological polar surface area (TPSA) is 35.8 Å². The van der Waals surface area contributed by atoms with Gasteiger partial charge < -0.3 is 5.32 Å². The number of rotatable bonds is 6. The Kier molecular flexibility index (Phi) is 5.87. The van der Waals surface area contributed by atoms with Crippen molar-refractivity contribution >= 4 is 5.69 Å². The minimum absolute atomic E-state index is 0.0312. The maximum atomic E-state index is 12.5. The first-order valence-electron chi connectivity index (χ1n) is 6.70. The van der Waals surface area contributed by atoms with Gasteiger partial charge in [-0.2, -0.15) is 18.4 Å². The summed E-state index contributed by atoms with van der Waals surface area (Å²) in [5, 5.41) is 12.0. The molecular weight excluding hydrogens is 265 g/mol. The van der Waals surface area contributed by atoms with Gasteiger partial charge in [-0.3, -0.25) is 0 Å². The van der Waals surface area contributed by atoms with Crippen molar-refractivity contribution in [3.05, 3.63) is 29.3 Å². The lowest BCUT2D eigenvalue weighted by molar-refractivity contribution is -0.137. The molecule has 20 heavy (non-hydrogen) atoms. The van der Waals surface area contributed by atoms with E-state index in [-0.39, 0.29) is 5.56 Å². The van der Waals surface area contributed by atoms with Crippen LogP contribution in [0.15, 0.2) is 18.2 Å². The molecule has 0 amide bonds. The van der Waals surface area contributed by atoms with E-state index >= 15 is 0 Å². The fourth-order valence-electron chi connectivity index (χ4n) is 1.87. The van der Waals surface area contributed by atoms with Gasteiger partial charge in [0.2, 0.25) is 0 Å². The second-order valence-electron chi connectivity index (χ2n) is 5.19. The molecule has 0 aliphatic heterocycles. The van der Waals surface area contributed by atoms with Gasteiger partial charge in [-0.05, 0) is 30.5 Å². The molecule has 1 aromatic carbocycles. The lowest BCUT2D eigenvalue weighted by Gasteiger charge is -2.12. The smallest absolute Gasteiger partial charge is 0.384 e. The summed E-state index contributed by atoms with van der Waals surface area (Å²) in [5.41, 5.74) is -0.298. The fourth-order valence-corrected chi connectivity index (χ4v) is 1.87. The molecule has 1 aromatic rings. The quantitative estimate of drug-likeness (QED) is 0.760. The summed E-state index contributed by atoms with van der Waals surface area (Å²) < 4.78 is 37.6. The van der Waals surface area contributed by atoms with E-state index in [4.69, 9.17) is 5.26 Å². The second kappa shape index (κ2) is 7.18. The molecule has 0 radical (unpaired) electrons. The van der Waals surface area contributed by atoms with Crippen molar-refractivity contribution in [1.82, 2.24) is 0 Å². The number of alkyl halides is 3. The van der Waals surface area contributed by atoms with Crippen molar-refractivity contribution in [3.8, 4) is 6.07 Å². The molecule has 0 bridgehead atoms. The number of unbranched alkanes of at least 4 members (excludes halogenated alkanes) is 1. The maximum Gasteiger partial charge on any atom is 0.416 e. The van der Waals surface area contributed by atoms with Crippen LogP contribution in [0.25, 0.3) is 0 Å². The number of nitrogens with zero attached hydrogens (tertiary/aromatic N) is 1. The molecule has 0 aliphatic carbocycles. The molecule has 110 valence electrons. The van der Waals surface area contributed by atoms with Crippen LogP contribution < -0.4 is 5.32 Å². The van der Waals surface area contributed by atoms with Gasteiger partial charge in [0, 0.05) is 6.54 Å². The first-order valence-corrected chi connectivity index (χ1v) is 6.70. The van der Waals surface area contributed by atoms with Crippen LogP contribution in [0, 0.1) is 17.2 Å². The maximum absolute atomic E-state index is 12.5. The second-order valence-corrected chi connectivity index (χ2v) is 5.19. The molecular formula is C15H19F3N2. The van der Waals surface area contributed by atoms with Gasteiger partial charge in [0.15, 0.2) is 0 Å². The molecule has 2 nitrogen and oxygen atoms in total. The summed E-state index contributed by atoms with van der Waals surface area (Å²) in [6.07, 6.45) is -1.29. The number of nitrogens with one attached hydrogen (secondary N) is 1. The molecule has 1 rings (SSSR count). The summed E-state index contributed by atoms with van der Waals surface area (Å²) in [7, 11) is 0. The highest BCUT2D eigenvalue weighted by Gasteiger charge is 2.30. The van der Waals surface area contributed by atoms with Crippen molar-refractivity contribution in [2.75, 3.05) is 11.9 Å². The molecule has 0 unspecified atom stereocenters. The van der Waals surface area contributed by atoms with Crippen LogP contribution in [0.3, 0.4) is 0 Å². The molecule has 0 atom stereocenters. The van der Waals surface area contributed by atoms with E-state index < -0.39 is 11.7 Å². The van der Waals surface area contributed by atoms with Gasteiger partial charge in [0.05, 0.1) is 16.8 Å². The van der Waals surface area contributed by atoms with Crippen LogP contribution in [0.4, 0.5) is 18.9 Å². The zero-order chi connectivity index (χ0) is 15.2. The molecule has 0 saturated heterocycles. The van der Waals surface area contributed by atoms with Crippen molar-refractivity contribution in [2.24, 2.45) is 5.92 Å². The molecule has 0 fully saturated rings. The first kappa shape index (κ1) is 16.4. The van der Waals surface area contributed by atoms with Gasteiger partial charge in [-0.25, -0.2) is 0 Å². The average molecular weight is 284 g/mol. The third-order valence-electron chi connectivity index (χ3n) is 2.99. The Morgan fingerprint density at radius 2 is 1.95 bits per heavy atom. The van der Waals surface area contributed by atoms with E-state index in [1.165, 1.54) is 6.07 Å². The summed E-state index contributed by atoms with van der Waals surface area (Å²) in [6.45, 7) is 4.96. The van der Waals surface area contributed by atoms with Gasteiger partial charge in [-0.15, -0.1) is 0 Å². The van der Waals surface area contributed by atoms with Crippen LogP contribution >= 0.6 is 0 Å². The number of hydrogen-bond acceptors (Lipinski definition) is 2. The molecule has 1 N–H and O–H groups in total. The Labute approximate surface area is 117 Å². The number of nitriles is 1. The minimum atomic E-state index is -4.42. The highest BCUT2D eigenvalue weighted by Crippen LogP contribution is 2.31. The number of halogens is 3. The molecule has 5 heteroatoms. The van der Waals surface area contributed by atoms with Crippen molar-refractivity contribution in [3.63, 3.8) is 0 Å². The molecule has 0 aromatic heterocycles. The van der Waals surface area contributed by atoms with Crippen LogP contribution in [0.1, 0.15) is 44.2 Å². The summed E-state index contributed by atoms with van der Waals surface area (Å²) in [4.78, 5) is 0. The number of hydrogen-bond donors (Lipinski definition) is 1. The van der Waals surface area contributed by atoms with E-state index in [0.717, 1.165) is 31.4 Å². The van der Waals surface area contributed by atoms with Gasteiger partial charge in [0.1, 0.15) is 6.07 Å². The van der Waals surface area contributed by atoms with Crippen LogP contribution in [0.5, 0.6) is 0 Å². The first-order chi connectivity index (χ1) is 9.34. The summed E-state index contributed by atoms with van der Waals surface area (Å²) >= 11 is 0. The van der Waals surface area contributed by atoms with Crippen molar-refractivity contribution in [2.45, 2.75) is 39.3 Å². The van der Waals surface area contributed by atoms with Crippen LogP contribution in [0.2, 0.25) is 0 Å². The lowest BCUT2D eigenvalue weighted by atomic mass is 10.1. The zero-order valence-electron chi connectivity index (χ0n) is 11.7. The standard InChI is InChI=1S/C15H19F3N2/c1-11(2)5-3-4-8-20-14-7-6-13(15(16,17)18)9-12(14)10-19/h6-7,9,11,20H,3-5,8H2,1-2H3. The Hall–Kier alpha value is -1.70. The van der Waals surface area contributed by atoms with Crippen molar-refractivity contribution < 1.29 is 13.2 Å². The molecule has 0 saturated carbocycles. The number of benzene rings is 1.